The lowest BCUT2D eigenvalue weighted by Gasteiger charge is -2.19. The monoisotopic (exact) mass is 393 g/mol. The number of aromatic nitrogens is 2. The summed E-state index contributed by atoms with van der Waals surface area (Å²) in [6, 6.07) is 10.0. The van der Waals surface area contributed by atoms with Crippen molar-refractivity contribution in [2.45, 2.75) is 24.7 Å². The Balaban J connectivity index is 1.79. The fourth-order valence-corrected chi connectivity index (χ4v) is 3.78. The molecule has 0 spiro atoms. The topological polar surface area (TPSA) is 87.2 Å². The summed E-state index contributed by atoms with van der Waals surface area (Å²) in [7, 11) is 0. The third-order valence-electron chi connectivity index (χ3n) is 3.45. The molecule has 0 atom stereocenters. The molecule has 9 heteroatoms. The number of anilines is 1. The van der Waals surface area contributed by atoms with Crippen molar-refractivity contribution in [3.8, 4) is 0 Å². The zero-order valence-corrected chi connectivity index (χ0v) is 16.5. The van der Waals surface area contributed by atoms with E-state index in [4.69, 9.17) is 0 Å². The summed E-state index contributed by atoms with van der Waals surface area (Å²) in [4.78, 5) is 25.4. The number of hydrogen-bond donors (Lipinski definition) is 2. The van der Waals surface area contributed by atoms with Crippen LogP contribution in [0.25, 0.3) is 0 Å². The van der Waals surface area contributed by atoms with E-state index in [0.29, 0.717) is 19.6 Å². The van der Waals surface area contributed by atoms with Crippen LogP contribution in [0.4, 0.5) is 5.13 Å². The molecule has 2 aromatic rings. The van der Waals surface area contributed by atoms with Crippen molar-refractivity contribution < 1.29 is 9.59 Å². The average molecular weight is 394 g/mol. The first-order chi connectivity index (χ1) is 12.6. The van der Waals surface area contributed by atoms with Crippen LogP contribution in [0.2, 0.25) is 0 Å². The van der Waals surface area contributed by atoms with E-state index in [-0.39, 0.29) is 24.1 Å². The van der Waals surface area contributed by atoms with Gasteiger partial charge in [0.05, 0.1) is 12.3 Å². The van der Waals surface area contributed by atoms with Gasteiger partial charge in [0.25, 0.3) is 0 Å². The SMILES string of the molecule is CCNC(=O)CN(CC)C(=O)CSc1nnc(NCc2ccccc2)s1. The molecule has 0 saturated carbocycles. The highest BCUT2D eigenvalue weighted by Gasteiger charge is 2.16. The van der Waals surface area contributed by atoms with Crippen LogP contribution in [0.3, 0.4) is 0 Å². The number of benzene rings is 1. The van der Waals surface area contributed by atoms with Gasteiger partial charge in [-0.3, -0.25) is 9.59 Å². The van der Waals surface area contributed by atoms with Gasteiger partial charge in [0.15, 0.2) is 4.34 Å². The summed E-state index contributed by atoms with van der Waals surface area (Å²) in [5.74, 6) is 0.00867. The molecule has 140 valence electrons. The van der Waals surface area contributed by atoms with Gasteiger partial charge < -0.3 is 15.5 Å². The second-order valence-electron chi connectivity index (χ2n) is 5.36. The molecular weight excluding hydrogens is 370 g/mol. The van der Waals surface area contributed by atoms with Crippen molar-refractivity contribution in [1.82, 2.24) is 20.4 Å². The highest BCUT2D eigenvalue weighted by atomic mass is 32.2. The summed E-state index contributed by atoms with van der Waals surface area (Å²) >= 11 is 2.75. The fourth-order valence-electron chi connectivity index (χ4n) is 2.13. The number of rotatable bonds is 10. The van der Waals surface area contributed by atoms with Crippen molar-refractivity contribution in [1.29, 1.82) is 0 Å². The first-order valence-electron chi connectivity index (χ1n) is 8.41. The number of nitrogens with one attached hydrogen (secondary N) is 2. The lowest BCUT2D eigenvalue weighted by atomic mass is 10.2. The van der Waals surface area contributed by atoms with Crippen LogP contribution in [0.1, 0.15) is 19.4 Å². The van der Waals surface area contributed by atoms with Gasteiger partial charge in [-0.25, -0.2) is 0 Å². The minimum absolute atomic E-state index is 0.0854. The second-order valence-corrected chi connectivity index (χ2v) is 7.56. The van der Waals surface area contributed by atoms with Crippen molar-refractivity contribution in [3.63, 3.8) is 0 Å². The molecule has 0 saturated heterocycles. The molecule has 0 radical (unpaired) electrons. The minimum Gasteiger partial charge on any atom is -0.356 e. The van der Waals surface area contributed by atoms with Crippen LogP contribution in [-0.4, -0.2) is 52.3 Å². The molecule has 2 rings (SSSR count). The third-order valence-corrected chi connectivity index (χ3v) is 5.45. The molecule has 1 aromatic heterocycles. The van der Waals surface area contributed by atoms with E-state index >= 15 is 0 Å². The first-order valence-corrected chi connectivity index (χ1v) is 10.2. The van der Waals surface area contributed by atoms with Gasteiger partial charge >= 0.3 is 0 Å². The Hall–Kier alpha value is -2.13. The van der Waals surface area contributed by atoms with Crippen LogP contribution in [-0.2, 0) is 16.1 Å². The van der Waals surface area contributed by atoms with Crippen LogP contribution < -0.4 is 10.6 Å². The Morgan fingerprint density at radius 2 is 1.96 bits per heavy atom. The van der Waals surface area contributed by atoms with Gasteiger partial charge in [0.2, 0.25) is 16.9 Å². The Labute approximate surface area is 161 Å². The zero-order chi connectivity index (χ0) is 18.8. The summed E-state index contributed by atoms with van der Waals surface area (Å²) in [6.45, 7) is 5.53. The second kappa shape index (κ2) is 10.8. The van der Waals surface area contributed by atoms with Crippen LogP contribution in [0, 0.1) is 0 Å². The van der Waals surface area contributed by atoms with E-state index in [9.17, 15) is 9.59 Å². The molecule has 1 aromatic carbocycles. The smallest absolute Gasteiger partial charge is 0.239 e. The minimum atomic E-state index is -0.143. The highest BCUT2D eigenvalue weighted by Crippen LogP contribution is 2.26. The predicted octanol–water partition coefficient (Wildman–Crippen LogP) is 2.23. The molecule has 2 N–H and O–H groups in total. The Kier molecular flexibility index (Phi) is 8.36. The molecule has 0 aliphatic carbocycles. The molecule has 0 aliphatic rings. The summed E-state index contributed by atoms with van der Waals surface area (Å²) in [5, 5.41) is 14.8. The number of amides is 2. The lowest BCUT2D eigenvalue weighted by molar-refractivity contribution is -0.133. The average Bonchev–Trinajstić information content (AvgIpc) is 3.11. The summed E-state index contributed by atoms with van der Waals surface area (Å²) in [6.07, 6.45) is 0. The van der Waals surface area contributed by atoms with E-state index in [2.05, 4.69) is 20.8 Å². The number of carbonyl (C=O) groups excluding carboxylic acids is 2. The van der Waals surface area contributed by atoms with Crippen molar-refractivity contribution in [2.75, 3.05) is 30.7 Å². The van der Waals surface area contributed by atoms with E-state index in [1.54, 1.807) is 0 Å². The number of thioether (sulfide) groups is 1. The molecule has 7 nitrogen and oxygen atoms in total. The Morgan fingerprint density at radius 3 is 2.65 bits per heavy atom. The number of hydrogen-bond acceptors (Lipinski definition) is 7. The van der Waals surface area contributed by atoms with Crippen LogP contribution in [0.15, 0.2) is 34.7 Å². The normalized spacial score (nSPS) is 10.4. The van der Waals surface area contributed by atoms with E-state index < -0.39 is 0 Å². The quantitative estimate of drug-likeness (QED) is 0.602. The van der Waals surface area contributed by atoms with Gasteiger partial charge in [0, 0.05) is 19.6 Å². The van der Waals surface area contributed by atoms with Gasteiger partial charge in [-0.15, -0.1) is 10.2 Å². The number of likely N-dealkylation sites (N-methyl/N-ethyl adjacent to an activating group) is 2. The van der Waals surface area contributed by atoms with Crippen LogP contribution in [0.5, 0.6) is 0 Å². The maximum atomic E-state index is 12.3. The third kappa shape index (κ3) is 6.64. The zero-order valence-electron chi connectivity index (χ0n) is 14.9. The van der Waals surface area contributed by atoms with Crippen molar-refractivity contribution >= 4 is 40.0 Å². The Bertz CT molecular complexity index is 708. The van der Waals surface area contributed by atoms with E-state index in [0.717, 1.165) is 15.0 Å². The summed E-state index contributed by atoms with van der Waals surface area (Å²) in [5.41, 5.74) is 1.16. The standard InChI is InChI=1S/C17H23N5O2S2/c1-3-18-14(23)11-22(4-2)15(24)12-25-17-21-20-16(26-17)19-10-13-8-6-5-7-9-13/h5-9H,3-4,10-12H2,1-2H3,(H,18,23)(H,19,20). The highest BCUT2D eigenvalue weighted by molar-refractivity contribution is 8.01. The predicted molar refractivity (Wildman–Crippen MR) is 105 cm³/mol. The number of carbonyl (C=O) groups is 2. The van der Waals surface area contributed by atoms with E-state index in [1.165, 1.54) is 28.0 Å². The molecular formula is C17H23N5O2S2. The molecule has 1 heterocycles. The van der Waals surface area contributed by atoms with Crippen LogP contribution >= 0.6 is 23.1 Å². The van der Waals surface area contributed by atoms with E-state index in [1.807, 2.05) is 44.2 Å². The largest absolute Gasteiger partial charge is 0.356 e. The van der Waals surface area contributed by atoms with Gasteiger partial charge in [-0.2, -0.15) is 0 Å². The van der Waals surface area contributed by atoms with Crippen molar-refractivity contribution in [2.24, 2.45) is 0 Å². The molecule has 2 amide bonds. The molecule has 0 fully saturated rings. The first kappa shape index (κ1) is 20.2. The molecule has 0 bridgehead atoms. The number of nitrogens with zero attached hydrogens (tertiary/aromatic N) is 3. The molecule has 0 aliphatic heterocycles. The van der Waals surface area contributed by atoms with Gasteiger partial charge in [0.1, 0.15) is 0 Å². The van der Waals surface area contributed by atoms with Crippen molar-refractivity contribution in [3.05, 3.63) is 35.9 Å². The maximum absolute atomic E-state index is 12.3. The van der Waals surface area contributed by atoms with Gasteiger partial charge in [-0.1, -0.05) is 53.4 Å². The van der Waals surface area contributed by atoms with Gasteiger partial charge in [-0.05, 0) is 19.4 Å². The fraction of sp³-hybridized carbons (Fsp3) is 0.412. The molecule has 26 heavy (non-hydrogen) atoms. The maximum Gasteiger partial charge on any atom is 0.239 e. The Morgan fingerprint density at radius 1 is 1.19 bits per heavy atom. The lowest BCUT2D eigenvalue weighted by Crippen LogP contribution is -2.41. The summed E-state index contributed by atoms with van der Waals surface area (Å²) < 4.78 is 0.725. The molecule has 0 unspecified atom stereocenters.